The predicted molar refractivity (Wildman–Crippen MR) is 100.0 cm³/mol. The number of aromatic nitrogens is 2. The van der Waals surface area contributed by atoms with Crippen molar-refractivity contribution in [2.45, 2.75) is 46.0 Å². The summed E-state index contributed by atoms with van der Waals surface area (Å²) in [4.78, 5) is 8.86. The van der Waals surface area contributed by atoms with Gasteiger partial charge in [0.25, 0.3) is 5.88 Å². The summed E-state index contributed by atoms with van der Waals surface area (Å²) in [6, 6.07) is 4.32. The number of anilines is 1. The van der Waals surface area contributed by atoms with Crippen LogP contribution in [0.3, 0.4) is 0 Å². The maximum absolute atomic E-state index is 12.9. The molecule has 0 unspecified atom stereocenters. The van der Waals surface area contributed by atoms with Gasteiger partial charge in [-0.05, 0) is 31.9 Å². The lowest BCUT2D eigenvalue weighted by molar-refractivity contribution is -0.274. The van der Waals surface area contributed by atoms with E-state index >= 15 is 0 Å². The van der Waals surface area contributed by atoms with E-state index in [1.165, 1.54) is 26.4 Å². The Morgan fingerprint density at radius 3 is 2.29 bits per heavy atom. The van der Waals surface area contributed by atoms with Crippen molar-refractivity contribution in [2.75, 3.05) is 19.5 Å². The number of halogens is 3. The number of nitrogens with one attached hydrogen (secondary N) is 1. The number of nitrogens with zero attached hydrogens (tertiary/aromatic N) is 2. The van der Waals surface area contributed by atoms with Gasteiger partial charge in [-0.15, -0.1) is 13.2 Å². The van der Waals surface area contributed by atoms with Crippen LogP contribution in [0.1, 0.15) is 32.4 Å². The highest BCUT2D eigenvalue weighted by atomic mass is 19.4. The average Bonchev–Trinajstić information content (AvgIpc) is 2.65. The van der Waals surface area contributed by atoms with E-state index in [4.69, 9.17) is 9.47 Å². The zero-order chi connectivity index (χ0) is 20.9. The smallest absolute Gasteiger partial charge is 0.497 e. The Balaban J connectivity index is 2.55. The van der Waals surface area contributed by atoms with Crippen molar-refractivity contribution >= 4 is 5.82 Å². The SMILES string of the molecule is CCC(CC)Nc1nc(C)c(-c2ccc(OC)cc2OC(F)(F)F)nc1OC. The first-order valence-electron chi connectivity index (χ1n) is 8.85. The zero-order valence-corrected chi connectivity index (χ0v) is 16.5. The van der Waals surface area contributed by atoms with Crippen molar-refractivity contribution in [3.8, 4) is 28.6 Å². The number of rotatable bonds is 8. The molecule has 0 aliphatic carbocycles. The molecule has 0 aliphatic rings. The molecule has 0 aliphatic heterocycles. The van der Waals surface area contributed by atoms with E-state index in [0.29, 0.717) is 11.5 Å². The molecular weight excluding hydrogens is 375 g/mol. The van der Waals surface area contributed by atoms with Gasteiger partial charge in [0.15, 0.2) is 5.82 Å². The molecule has 2 aromatic rings. The second-order valence-corrected chi connectivity index (χ2v) is 6.08. The predicted octanol–water partition coefficient (Wildman–Crippen LogP) is 4.97. The molecule has 1 aromatic heterocycles. The van der Waals surface area contributed by atoms with Gasteiger partial charge in [-0.25, -0.2) is 9.97 Å². The van der Waals surface area contributed by atoms with Gasteiger partial charge in [-0.2, -0.15) is 0 Å². The van der Waals surface area contributed by atoms with E-state index in [1.807, 2.05) is 13.8 Å². The molecule has 0 saturated heterocycles. The molecule has 0 bridgehead atoms. The first-order valence-corrected chi connectivity index (χ1v) is 8.85. The number of alkyl halides is 3. The van der Waals surface area contributed by atoms with Crippen LogP contribution in [0, 0.1) is 6.92 Å². The van der Waals surface area contributed by atoms with E-state index < -0.39 is 12.1 Å². The van der Waals surface area contributed by atoms with Crippen LogP contribution < -0.4 is 19.5 Å². The van der Waals surface area contributed by atoms with E-state index in [0.717, 1.165) is 18.9 Å². The van der Waals surface area contributed by atoms with Crippen LogP contribution in [0.15, 0.2) is 18.2 Å². The zero-order valence-electron chi connectivity index (χ0n) is 16.5. The van der Waals surface area contributed by atoms with Crippen molar-refractivity contribution in [1.82, 2.24) is 9.97 Å². The molecule has 0 atom stereocenters. The van der Waals surface area contributed by atoms with E-state index in [9.17, 15) is 13.2 Å². The van der Waals surface area contributed by atoms with E-state index in [2.05, 4.69) is 20.0 Å². The van der Waals surface area contributed by atoms with Crippen molar-refractivity contribution in [2.24, 2.45) is 0 Å². The van der Waals surface area contributed by atoms with Gasteiger partial charge >= 0.3 is 6.36 Å². The van der Waals surface area contributed by atoms with Crippen LogP contribution >= 0.6 is 0 Å². The second kappa shape index (κ2) is 8.99. The molecule has 1 N–H and O–H groups in total. The van der Waals surface area contributed by atoms with Crippen LogP contribution in [-0.2, 0) is 0 Å². The molecule has 6 nitrogen and oxygen atoms in total. The Morgan fingerprint density at radius 1 is 1.07 bits per heavy atom. The van der Waals surface area contributed by atoms with Gasteiger partial charge < -0.3 is 19.5 Å². The van der Waals surface area contributed by atoms with Crippen molar-refractivity contribution < 1.29 is 27.4 Å². The Bertz CT molecular complexity index is 809. The normalized spacial score (nSPS) is 11.5. The number of ether oxygens (including phenoxy) is 3. The summed E-state index contributed by atoms with van der Waals surface area (Å²) in [7, 11) is 2.79. The number of methoxy groups -OCH3 is 2. The topological polar surface area (TPSA) is 65.5 Å². The Labute approximate surface area is 162 Å². The summed E-state index contributed by atoms with van der Waals surface area (Å²) < 4.78 is 53.1. The Kier molecular flexibility index (Phi) is 6.93. The number of hydrogen-bond acceptors (Lipinski definition) is 6. The lowest BCUT2D eigenvalue weighted by Crippen LogP contribution is -2.20. The van der Waals surface area contributed by atoms with Crippen LogP contribution in [0.25, 0.3) is 11.3 Å². The summed E-state index contributed by atoms with van der Waals surface area (Å²) in [5.74, 6) is 0.449. The number of hydrogen-bond donors (Lipinski definition) is 1. The van der Waals surface area contributed by atoms with Crippen molar-refractivity contribution in [1.29, 1.82) is 0 Å². The fourth-order valence-corrected chi connectivity index (χ4v) is 2.72. The quantitative estimate of drug-likeness (QED) is 0.676. The third kappa shape index (κ3) is 5.17. The summed E-state index contributed by atoms with van der Waals surface area (Å²) in [5.41, 5.74) is 0.802. The largest absolute Gasteiger partial charge is 0.573 e. The highest BCUT2D eigenvalue weighted by molar-refractivity contribution is 5.72. The summed E-state index contributed by atoms with van der Waals surface area (Å²) in [5, 5.41) is 3.26. The van der Waals surface area contributed by atoms with Crippen LogP contribution in [0.4, 0.5) is 19.0 Å². The third-order valence-electron chi connectivity index (χ3n) is 4.23. The molecule has 1 aromatic carbocycles. The van der Waals surface area contributed by atoms with Crippen molar-refractivity contribution in [3.05, 3.63) is 23.9 Å². The highest BCUT2D eigenvalue weighted by Gasteiger charge is 2.33. The minimum absolute atomic E-state index is 0.135. The number of aryl methyl sites for hydroxylation is 1. The average molecular weight is 399 g/mol. The molecule has 0 amide bonds. The monoisotopic (exact) mass is 399 g/mol. The van der Waals surface area contributed by atoms with Crippen molar-refractivity contribution in [3.63, 3.8) is 0 Å². The molecule has 2 rings (SSSR count). The number of benzene rings is 1. The minimum atomic E-state index is -4.86. The van der Waals surface area contributed by atoms with Gasteiger partial charge in [0, 0.05) is 17.7 Å². The standard InChI is InChI=1S/C19H24F3N3O3/c1-6-12(7-2)24-17-18(27-5)25-16(11(3)23-17)14-9-8-13(26-4)10-15(14)28-19(20,21)22/h8-10,12H,6-7H2,1-5H3,(H,23,24). The van der Waals surface area contributed by atoms with Gasteiger partial charge in [0.05, 0.1) is 25.6 Å². The maximum Gasteiger partial charge on any atom is 0.573 e. The first-order chi connectivity index (χ1) is 13.2. The summed E-state index contributed by atoms with van der Waals surface area (Å²) in [6.07, 6.45) is -3.10. The van der Waals surface area contributed by atoms with Gasteiger partial charge in [0.1, 0.15) is 11.5 Å². The molecule has 9 heteroatoms. The summed E-state index contributed by atoms with van der Waals surface area (Å²) in [6.45, 7) is 5.75. The minimum Gasteiger partial charge on any atom is -0.497 e. The van der Waals surface area contributed by atoms with E-state index in [1.54, 1.807) is 6.92 Å². The maximum atomic E-state index is 12.9. The van der Waals surface area contributed by atoms with E-state index in [-0.39, 0.29) is 28.9 Å². The molecule has 0 saturated carbocycles. The molecule has 1 heterocycles. The lowest BCUT2D eigenvalue weighted by Gasteiger charge is -2.19. The van der Waals surface area contributed by atoms with Gasteiger partial charge in [0.2, 0.25) is 0 Å². The first kappa shape index (κ1) is 21.6. The van der Waals surface area contributed by atoms with Crippen LogP contribution in [0.2, 0.25) is 0 Å². The van der Waals surface area contributed by atoms with Crippen LogP contribution in [-0.4, -0.2) is 36.6 Å². The second-order valence-electron chi connectivity index (χ2n) is 6.08. The van der Waals surface area contributed by atoms with Gasteiger partial charge in [-0.1, -0.05) is 13.8 Å². The molecule has 28 heavy (non-hydrogen) atoms. The Hall–Kier alpha value is -2.71. The lowest BCUT2D eigenvalue weighted by atomic mass is 10.1. The molecule has 0 radical (unpaired) electrons. The molecule has 0 spiro atoms. The Morgan fingerprint density at radius 2 is 1.75 bits per heavy atom. The molecule has 154 valence electrons. The highest BCUT2D eigenvalue weighted by Crippen LogP contribution is 2.38. The molecular formula is C19H24F3N3O3. The molecule has 0 fully saturated rings. The fourth-order valence-electron chi connectivity index (χ4n) is 2.72. The van der Waals surface area contributed by atoms with Crippen LogP contribution in [0.5, 0.6) is 17.4 Å². The summed E-state index contributed by atoms with van der Waals surface area (Å²) >= 11 is 0. The third-order valence-corrected chi connectivity index (χ3v) is 4.23. The van der Waals surface area contributed by atoms with Gasteiger partial charge in [-0.3, -0.25) is 0 Å². The fraction of sp³-hybridized carbons (Fsp3) is 0.474.